The molecule has 1 atom stereocenters. The van der Waals surface area contributed by atoms with Crippen LogP contribution < -0.4 is 5.32 Å². The topological polar surface area (TPSA) is 78.4 Å². The average molecular weight is 284 g/mol. The van der Waals surface area contributed by atoms with E-state index in [1.807, 2.05) is 0 Å². The Morgan fingerprint density at radius 3 is 2.84 bits per heavy atom. The summed E-state index contributed by atoms with van der Waals surface area (Å²) < 4.78 is 0. The van der Waals surface area contributed by atoms with Crippen molar-refractivity contribution < 1.29 is 9.90 Å². The zero-order valence-electron chi connectivity index (χ0n) is 11.5. The van der Waals surface area contributed by atoms with Gasteiger partial charge in [-0.25, -0.2) is 4.79 Å². The van der Waals surface area contributed by atoms with Crippen LogP contribution in [0.1, 0.15) is 38.6 Å². The molecule has 1 aromatic rings. The van der Waals surface area contributed by atoms with E-state index in [1.54, 1.807) is 4.90 Å². The van der Waals surface area contributed by atoms with Gasteiger partial charge in [-0.2, -0.15) is 0 Å². The first-order valence-electron chi connectivity index (χ1n) is 6.44. The predicted molar refractivity (Wildman–Crippen MR) is 74.4 cm³/mol. The molecule has 0 bridgehead atoms. The number of urea groups is 1. The normalized spacial score (nSPS) is 19.8. The van der Waals surface area contributed by atoms with E-state index in [0.29, 0.717) is 11.7 Å². The smallest absolute Gasteiger partial charge is 0.324 e. The molecule has 2 rings (SSSR count). The maximum atomic E-state index is 12.1. The number of rotatable bonds is 2. The number of nitrogens with one attached hydrogen (secondary N) is 1. The molecule has 1 fully saturated rings. The molecule has 7 heteroatoms. The molecule has 0 radical (unpaired) electrons. The van der Waals surface area contributed by atoms with Gasteiger partial charge >= 0.3 is 6.03 Å². The molecular formula is C12H20N4O2S. The fraction of sp³-hybridized carbons (Fsp3) is 0.750. The van der Waals surface area contributed by atoms with Gasteiger partial charge in [0.15, 0.2) is 0 Å². The van der Waals surface area contributed by atoms with E-state index in [1.165, 1.54) is 11.3 Å². The monoisotopic (exact) mass is 284 g/mol. The molecule has 0 aliphatic carbocycles. The second kappa shape index (κ2) is 5.42. The summed E-state index contributed by atoms with van der Waals surface area (Å²) in [5.74, 6) is 0. The maximum absolute atomic E-state index is 12.1. The lowest BCUT2D eigenvalue weighted by Crippen LogP contribution is -2.40. The Hall–Kier alpha value is -1.21. The maximum Gasteiger partial charge on any atom is 0.324 e. The summed E-state index contributed by atoms with van der Waals surface area (Å²) in [5, 5.41) is 21.5. The van der Waals surface area contributed by atoms with Crippen LogP contribution in [0, 0.1) is 0 Å². The van der Waals surface area contributed by atoms with Crippen LogP contribution in [0.15, 0.2) is 0 Å². The van der Waals surface area contributed by atoms with Crippen LogP contribution in [0.4, 0.5) is 9.93 Å². The van der Waals surface area contributed by atoms with Gasteiger partial charge in [-0.05, 0) is 12.8 Å². The Morgan fingerprint density at radius 2 is 2.26 bits per heavy atom. The Kier molecular flexibility index (Phi) is 4.05. The molecule has 2 heterocycles. The van der Waals surface area contributed by atoms with Gasteiger partial charge in [-0.3, -0.25) is 5.32 Å². The number of carbonyl (C=O) groups is 1. The van der Waals surface area contributed by atoms with Crippen molar-refractivity contribution in [1.82, 2.24) is 15.1 Å². The number of amides is 2. The summed E-state index contributed by atoms with van der Waals surface area (Å²) in [6.07, 6.45) is 1.79. The Morgan fingerprint density at radius 1 is 1.53 bits per heavy atom. The van der Waals surface area contributed by atoms with Crippen molar-refractivity contribution in [2.24, 2.45) is 0 Å². The van der Waals surface area contributed by atoms with Gasteiger partial charge in [0.2, 0.25) is 5.13 Å². The van der Waals surface area contributed by atoms with Crippen LogP contribution in [-0.2, 0) is 5.41 Å². The van der Waals surface area contributed by atoms with Gasteiger partial charge < -0.3 is 10.0 Å². The van der Waals surface area contributed by atoms with Crippen molar-refractivity contribution in [2.45, 2.75) is 45.1 Å². The number of hydrogen-bond acceptors (Lipinski definition) is 5. The van der Waals surface area contributed by atoms with E-state index in [2.05, 4.69) is 36.3 Å². The Labute approximate surface area is 116 Å². The van der Waals surface area contributed by atoms with Crippen LogP contribution in [0.2, 0.25) is 0 Å². The zero-order chi connectivity index (χ0) is 14.0. The van der Waals surface area contributed by atoms with Gasteiger partial charge in [0.25, 0.3) is 0 Å². The first-order valence-corrected chi connectivity index (χ1v) is 7.26. The second-order valence-corrected chi connectivity index (χ2v) is 6.74. The minimum absolute atomic E-state index is 0.0107. The van der Waals surface area contributed by atoms with E-state index in [4.69, 9.17) is 0 Å². The molecule has 0 aromatic carbocycles. The van der Waals surface area contributed by atoms with Gasteiger partial charge in [0.1, 0.15) is 5.01 Å². The van der Waals surface area contributed by atoms with Gasteiger partial charge in [0.05, 0.1) is 12.6 Å². The van der Waals surface area contributed by atoms with Crippen LogP contribution in [0.25, 0.3) is 0 Å². The van der Waals surface area contributed by atoms with E-state index in [0.717, 1.165) is 17.8 Å². The van der Waals surface area contributed by atoms with Crippen molar-refractivity contribution in [3.8, 4) is 0 Å². The Balaban J connectivity index is 2.01. The largest absolute Gasteiger partial charge is 0.394 e. The highest BCUT2D eigenvalue weighted by Crippen LogP contribution is 2.28. The first kappa shape index (κ1) is 14.2. The molecule has 1 saturated heterocycles. The van der Waals surface area contributed by atoms with E-state index in [9.17, 15) is 9.90 Å². The predicted octanol–water partition coefficient (Wildman–Crippen LogP) is 1.82. The number of aliphatic hydroxyl groups excluding tert-OH is 1. The number of hydrogen-bond donors (Lipinski definition) is 2. The molecule has 1 aliphatic rings. The molecule has 2 amide bonds. The molecule has 1 aliphatic heterocycles. The Bertz CT molecular complexity index is 455. The molecule has 0 saturated carbocycles. The molecule has 106 valence electrons. The number of aromatic nitrogens is 2. The van der Waals surface area contributed by atoms with Gasteiger partial charge in [0, 0.05) is 12.0 Å². The van der Waals surface area contributed by atoms with Crippen LogP contribution in [0.5, 0.6) is 0 Å². The number of likely N-dealkylation sites (tertiary alicyclic amines) is 1. The van der Waals surface area contributed by atoms with E-state index in [-0.39, 0.29) is 24.1 Å². The van der Waals surface area contributed by atoms with Crippen LogP contribution >= 0.6 is 11.3 Å². The van der Waals surface area contributed by atoms with Gasteiger partial charge in [-0.15, -0.1) is 10.2 Å². The standard InChI is InChI=1S/C12H20N4O2S/c1-12(2,3)9-14-15-10(19-9)13-11(18)16-6-4-5-8(16)7-17/h8,17H,4-7H2,1-3H3,(H,13,15,18)/t8-/m1/s1. The molecule has 1 aromatic heterocycles. The summed E-state index contributed by atoms with van der Waals surface area (Å²) in [6.45, 7) is 6.86. The molecule has 0 spiro atoms. The molecule has 0 unspecified atom stereocenters. The molecule has 19 heavy (non-hydrogen) atoms. The lowest BCUT2D eigenvalue weighted by molar-refractivity contribution is 0.166. The fourth-order valence-corrected chi connectivity index (χ4v) is 2.82. The quantitative estimate of drug-likeness (QED) is 0.868. The summed E-state index contributed by atoms with van der Waals surface area (Å²) in [6, 6.07) is -0.275. The third-order valence-electron chi connectivity index (χ3n) is 3.13. The van der Waals surface area contributed by atoms with E-state index < -0.39 is 0 Å². The van der Waals surface area contributed by atoms with Crippen LogP contribution in [-0.4, -0.2) is 45.4 Å². The van der Waals surface area contributed by atoms with Gasteiger partial charge in [-0.1, -0.05) is 32.1 Å². The highest BCUT2D eigenvalue weighted by atomic mass is 32.1. The summed E-state index contributed by atoms with van der Waals surface area (Å²) in [5.41, 5.74) is -0.0675. The number of aliphatic hydroxyl groups is 1. The third-order valence-corrected chi connectivity index (χ3v) is 4.39. The second-order valence-electron chi connectivity index (χ2n) is 5.76. The highest BCUT2D eigenvalue weighted by molar-refractivity contribution is 7.15. The molecular weight excluding hydrogens is 264 g/mol. The lowest BCUT2D eigenvalue weighted by atomic mass is 9.98. The minimum atomic E-state index is -0.201. The summed E-state index contributed by atoms with van der Waals surface area (Å²) in [4.78, 5) is 13.8. The SMILES string of the molecule is CC(C)(C)c1nnc(NC(=O)N2CCC[C@@H]2CO)s1. The average Bonchev–Trinajstić information content (AvgIpc) is 2.95. The van der Waals surface area contributed by atoms with Crippen LogP contribution in [0.3, 0.4) is 0 Å². The zero-order valence-corrected chi connectivity index (χ0v) is 12.3. The third kappa shape index (κ3) is 3.22. The number of anilines is 1. The van der Waals surface area contributed by atoms with Crippen molar-refractivity contribution in [3.05, 3.63) is 5.01 Å². The summed E-state index contributed by atoms with van der Waals surface area (Å²) in [7, 11) is 0. The van der Waals surface area contributed by atoms with Crippen molar-refractivity contribution in [3.63, 3.8) is 0 Å². The lowest BCUT2D eigenvalue weighted by Gasteiger charge is -2.22. The minimum Gasteiger partial charge on any atom is -0.394 e. The molecule has 2 N–H and O–H groups in total. The fourth-order valence-electron chi connectivity index (χ4n) is 2.03. The number of nitrogens with zero attached hydrogens (tertiary/aromatic N) is 3. The number of carbonyl (C=O) groups excluding carboxylic acids is 1. The summed E-state index contributed by atoms with van der Waals surface area (Å²) >= 11 is 1.39. The van der Waals surface area contributed by atoms with E-state index >= 15 is 0 Å². The molecule has 6 nitrogen and oxygen atoms in total. The van der Waals surface area contributed by atoms with Crippen molar-refractivity contribution in [2.75, 3.05) is 18.5 Å². The van der Waals surface area contributed by atoms with Crippen molar-refractivity contribution in [1.29, 1.82) is 0 Å². The highest BCUT2D eigenvalue weighted by Gasteiger charge is 2.29. The van der Waals surface area contributed by atoms with Crippen molar-refractivity contribution >= 4 is 22.5 Å². The first-order chi connectivity index (χ1) is 8.91.